The zero-order valence-corrected chi connectivity index (χ0v) is 15.7. The van der Waals surface area contributed by atoms with E-state index >= 15 is 0 Å². The minimum atomic E-state index is -0.560. The van der Waals surface area contributed by atoms with Crippen molar-refractivity contribution in [3.05, 3.63) is 67.2 Å². The highest BCUT2D eigenvalue weighted by atomic mass is 35.5. The Kier molecular flexibility index (Phi) is 4.04. The second kappa shape index (κ2) is 6.03. The van der Waals surface area contributed by atoms with Gasteiger partial charge in [0.25, 0.3) is 0 Å². The molecule has 0 aliphatic heterocycles. The Morgan fingerprint density at radius 1 is 0.808 bits per heavy atom. The maximum atomic E-state index is 12.9. The van der Waals surface area contributed by atoms with Crippen LogP contribution in [0, 0.1) is 0 Å². The van der Waals surface area contributed by atoms with Crippen LogP contribution in [-0.4, -0.2) is 21.0 Å². The van der Waals surface area contributed by atoms with Crippen molar-refractivity contribution in [1.29, 1.82) is 0 Å². The number of aromatic hydroxyl groups is 1. The highest BCUT2D eigenvalue weighted by Crippen LogP contribution is 2.49. The fraction of sp³-hybridized carbons (Fsp3) is 0. The van der Waals surface area contributed by atoms with E-state index < -0.39 is 5.78 Å². The van der Waals surface area contributed by atoms with Gasteiger partial charge in [-0.25, -0.2) is 4.98 Å². The molecule has 2 aromatic carbocycles. The fourth-order valence-electron chi connectivity index (χ4n) is 2.91. The highest BCUT2D eigenvalue weighted by Gasteiger charge is 2.37. The van der Waals surface area contributed by atoms with Crippen LogP contribution in [0.3, 0.4) is 0 Å². The minimum absolute atomic E-state index is 0.0172. The quantitative estimate of drug-likeness (QED) is 0.360. The van der Waals surface area contributed by atoms with E-state index in [-0.39, 0.29) is 54.0 Å². The molecule has 2 N–H and O–H groups in total. The molecule has 0 radical (unpaired) electrons. The number of benzene rings is 2. The van der Waals surface area contributed by atoms with Gasteiger partial charge in [-0.1, -0.05) is 52.5 Å². The summed E-state index contributed by atoms with van der Waals surface area (Å²) in [4.78, 5) is 17.3. The van der Waals surface area contributed by atoms with Crippen LogP contribution in [0.25, 0.3) is 22.2 Å². The molecule has 0 fully saturated rings. The summed E-state index contributed by atoms with van der Waals surface area (Å²) < 4.78 is 0. The second-order valence-electron chi connectivity index (χ2n) is 5.63. The summed E-state index contributed by atoms with van der Waals surface area (Å²) in [6.07, 6.45) is 0. The van der Waals surface area contributed by atoms with Crippen LogP contribution in [0.2, 0.25) is 20.1 Å². The van der Waals surface area contributed by atoms with Gasteiger partial charge < -0.3 is 10.2 Å². The fourth-order valence-corrected chi connectivity index (χ4v) is 3.94. The Balaban J connectivity index is 1.98. The largest absolute Gasteiger partial charge is 0.508 e. The first-order chi connectivity index (χ1) is 12.3. The molecule has 0 saturated carbocycles. The Morgan fingerprint density at radius 3 is 2.12 bits per heavy atom. The van der Waals surface area contributed by atoms with Crippen molar-refractivity contribution in [2.75, 3.05) is 0 Å². The average molecular weight is 427 g/mol. The van der Waals surface area contributed by atoms with Crippen LogP contribution < -0.4 is 0 Å². The van der Waals surface area contributed by atoms with Gasteiger partial charge in [-0.05, 0) is 18.2 Å². The van der Waals surface area contributed by atoms with Crippen LogP contribution in [0.5, 0.6) is 5.75 Å². The van der Waals surface area contributed by atoms with Crippen LogP contribution in [0.15, 0.2) is 30.3 Å². The number of hydrogen-bond donors (Lipinski definition) is 2. The topological polar surface area (TPSA) is 70.4 Å². The summed E-state index contributed by atoms with van der Waals surface area (Å²) in [6, 6.07) is 7.97. The van der Waals surface area contributed by atoms with Gasteiger partial charge in [-0.2, -0.15) is 0 Å². The third-order valence-electron chi connectivity index (χ3n) is 4.13. The van der Waals surface area contributed by atoms with Gasteiger partial charge in [-0.15, -0.1) is 0 Å². The number of allylic oxidation sites excluding steroid dienone is 1. The number of Topliss-reactive ketones (excluding diaryl/α,β-unsaturated/α-hetero) is 1. The molecule has 1 aliphatic carbocycles. The van der Waals surface area contributed by atoms with Gasteiger partial charge in [0.1, 0.15) is 11.5 Å². The molecular weight excluding hydrogens is 420 g/mol. The number of aromatic nitrogens is 1. The molecule has 26 heavy (non-hydrogen) atoms. The predicted molar refractivity (Wildman–Crippen MR) is 104 cm³/mol. The summed E-state index contributed by atoms with van der Waals surface area (Å²) in [6.45, 7) is 0. The number of hydrogen-bond acceptors (Lipinski definition) is 4. The third kappa shape index (κ3) is 2.37. The molecule has 0 unspecified atom stereocenters. The molecule has 4 rings (SSSR count). The number of pyridine rings is 1. The van der Waals surface area contributed by atoms with Gasteiger partial charge in [0.05, 0.1) is 48.0 Å². The smallest absolute Gasteiger partial charge is 0.201 e. The summed E-state index contributed by atoms with van der Waals surface area (Å²) in [5.41, 5.74) is 0.619. The van der Waals surface area contributed by atoms with Crippen LogP contribution in [0.4, 0.5) is 0 Å². The molecule has 0 saturated heterocycles. The number of ketones is 1. The first kappa shape index (κ1) is 17.4. The minimum Gasteiger partial charge on any atom is -0.508 e. The third-order valence-corrected chi connectivity index (χ3v) is 5.93. The summed E-state index contributed by atoms with van der Waals surface area (Å²) in [5, 5.41) is 20.8. The average Bonchev–Trinajstić information content (AvgIpc) is 2.88. The van der Waals surface area contributed by atoms with E-state index in [0.717, 1.165) is 5.39 Å². The molecule has 0 spiro atoms. The number of halogens is 4. The Hall–Kier alpha value is -1.98. The zero-order valence-electron chi connectivity index (χ0n) is 12.6. The van der Waals surface area contributed by atoms with Crippen molar-refractivity contribution in [3.63, 3.8) is 0 Å². The monoisotopic (exact) mass is 425 g/mol. The molecule has 0 amide bonds. The predicted octanol–water partition coefficient (Wildman–Crippen LogP) is 6.18. The second-order valence-corrected chi connectivity index (χ2v) is 7.14. The number of phenolic OH excluding ortho intramolecular Hbond substituents is 1. The van der Waals surface area contributed by atoms with Crippen molar-refractivity contribution in [2.45, 2.75) is 0 Å². The number of aliphatic hydroxyl groups is 1. The molecule has 0 atom stereocenters. The Morgan fingerprint density at radius 2 is 1.42 bits per heavy atom. The van der Waals surface area contributed by atoms with E-state index in [1.807, 2.05) is 0 Å². The van der Waals surface area contributed by atoms with E-state index in [1.54, 1.807) is 18.2 Å². The number of carbonyl (C=O) groups is 1. The molecular formula is C18H7Cl4NO3. The number of rotatable bonds is 1. The standard InChI is InChI=1S/C18H7Cl4NO3/c19-13-11-12(14(20)16(22)15(13)21)18(26)10(17(11)25)8-4-2-6-1-3-7(24)5-9(6)23-8/h1-5,24-25H. The van der Waals surface area contributed by atoms with Crippen molar-refractivity contribution in [2.24, 2.45) is 0 Å². The first-order valence-corrected chi connectivity index (χ1v) is 8.77. The van der Waals surface area contributed by atoms with E-state index in [2.05, 4.69) is 4.98 Å². The molecule has 1 heterocycles. The van der Waals surface area contributed by atoms with Crippen molar-refractivity contribution < 1.29 is 15.0 Å². The van der Waals surface area contributed by atoms with Gasteiger partial charge in [0, 0.05) is 11.5 Å². The van der Waals surface area contributed by atoms with E-state index in [0.29, 0.717) is 5.52 Å². The number of nitrogens with zero attached hydrogens (tertiary/aromatic N) is 1. The lowest BCUT2D eigenvalue weighted by atomic mass is 10.1. The molecule has 0 bridgehead atoms. The highest BCUT2D eigenvalue weighted by molar-refractivity contribution is 6.56. The number of aliphatic hydroxyl groups excluding tert-OH is 1. The van der Waals surface area contributed by atoms with Crippen LogP contribution in [-0.2, 0) is 0 Å². The Labute approximate surface area is 167 Å². The Bertz CT molecular complexity index is 1170. The van der Waals surface area contributed by atoms with Gasteiger partial charge in [0.2, 0.25) is 5.78 Å². The molecule has 1 aliphatic rings. The van der Waals surface area contributed by atoms with Gasteiger partial charge >= 0.3 is 0 Å². The van der Waals surface area contributed by atoms with E-state index in [9.17, 15) is 15.0 Å². The lowest BCUT2D eigenvalue weighted by Crippen LogP contribution is -2.02. The van der Waals surface area contributed by atoms with E-state index in [1.165, 1.54) is 12.1 Å². The van der Waals surface area contributed by atoms with E-state index in [4.69, 9.17) is 46.4 Å². The lowest BCUT2D eigenvalue weighted by molar-refractivity contribution is 0.105. The molecule has 130 valence electrons. The van der Waals surface area contributed by atoms with Crippen LogP contribution >= 0.6 is 46.4 Å². The molecule has 1 aromatic heterocycles. The van der Waals surface area contributed by atoms with Crippen molar-refractivity contribution in [3.8, 4) is 5.75 Å². The molecule has 8 heteroatoms. The summed E-state index contributed by atoms with van der Waals surface area (Å²) in [7, 11) is 0. The van der Waals surface area contributed by atoms with Crippen molar-refractivity contribution >= 4 is 74.4 Å². The van der Waals surface area contributed by atoms with Gasteiger partial charge in [0.15, 0.2) is 0 Å². The summed E-state index contributed by atoms with van der Waals surface area (Å²) >= 11 is 24.4. The number of phenols is 1. The maximum Gasteiger partial charge on any atom is 0.201 e. The lowest BCUT2D eigenvalue weighted by Gasteiger charge is -2.09. The first-order valence-electron chi connectivity index (χ1n) is 7.25. The molecule has 3 aromatic rings. The zero-order chi connectivity index (χ0) is 18.7. The molecule has 4 nitrogen and oxygen atoms in total. The van der Waals surface area contributed by atoms with Gasteiger partial charge in [-0.3, -0.25) is 4.79 Å². The normalized spacial score (nSPS) is 13.6. The van der Waals surface area contributed by atoms with Crippen LogP contribution in [0.1, 0.15) is 21.6 Å². The maximum absolute atomic E-state index is 12.9. The number of fused-ring (bicyclic) bond motifs is 2. The SMILES string of the molecule is O=C1C(c2ccc3ccc(O)cc3n2)=C(O)c2c(Cl)c(Cl)c(Cl)c(Cl)c21. The summed E-state index contributed by atoms with van der Waals surface area (Å²) in [5.74, 6) is -0.900. The van der Waals surface area contributed by atoms with Crippen molar-refractivity contribution in [1.82, 2.24) is 4.98 Å². The number of carbonyl (C=O) groups excluding carboxylic acids is 1.